The Hall–Kier alpha value is -1.18. The van der Waals surface area contributed by atoms with Gasteiger partial charge >= 0.3 is 0 Å². The number of halogens is 1. The third kappa shape index (κ3) is 2.15. The highest BCUT2D eigenvalue weighted by Gasteiger charge is 2.05. The molecular formula is C9H10FN. The molecule has 0 saturated carbocycles. The van der Waals surface area contributed by atoms with Crippen LogP contribution in [0.1, 0.15) is 6.42 Å². The first-order chi connectivity index (χ1) is 5.34. The van der Waals surface area contributed by atoms with E-state index in [1.807, 2.05) is 6.08 Å². The standard InChI is InChI=1S/C9H10FN/c1-2-7-11-9-6-4-3-5-8(9)10/h2-5H,1,6-7H2. The summed E-state index contributed by atoms with van der Waals surface area (Å²) in [4.78, 5) is 3.99. The van der Waals surface area contributed by atoms with Gasteiger partial charge in [-0.3, -0.25) is 4.99 Å². The van der Waals surface area contributed by atoms with Crippen molar-refractivity contribution in [3.05, 3.63) is 36.7 Å². The molecule has 0 aliphatic heterocycles. The molecule has 1 aliphatic rings. The zero-order chi connectivity index (χ0) is 8.10. The Morgan fingerprint density at radius 1 is 1.73 bits per heavy atom. The first-order valence-electron chi connectivity index (χ1n) is 3.51. The van der Waals surface area contributed by atoms with Gasteiger partial charge < -0.3 is 0 Å². The van der Waals surface area contributed by atoms with Crippen molar-refractivity contribution in [3.63, 3.8) is 0 Å². The number of hydrogen-bond donors (Lipinski definition) is 0. The first-order valence-corrected chi connectivity index (χ1v) is 3.51. The van der Waals surface area contributed by atoms with Crippen molar-refractivity contribution in [2.45, 2.75) is 6.42 Å². The molecule has 2 heteroatoms. The molecule has 1 nitrogen and oxygen atoms in total. The molecule has 0 saturated heterocycles. The van der Waals surface area contributed by atoms with Gasteiger partial charge in [0.2, 0.25) is 0 Å². The lowest BCUT2D eigenvalue weighted by Crippen LogP contribution is -2.01. The van der Waals surface area contributed by atoms with Crippen LogP contribution in [0.25, 0.3) is 0 Å². The molecule has 0 aromatic carbocycles. The number of hydrogen-bond acceptors (Lipinski definition) is 1. The van der Waals surface area contributed by atoms with E-state index in [1.165, 1.54) is 6.08 Å². The lowest BCUT2D eigenvalue weighted by Gasteiger charge is -2.02. The lowest BCUT2D eigenvalue weighted by atomic mass is 10.1. The molecule has 1 rings (SSSR count). The maximum Gasteiger partial charge on any atom is 0.144 e. The molecule has 0 unspecified atom stereocenters. The summed E-state index contributed by atoms with van der Waals surface area (Å²) in [5.74, 6) is -0.227. The molecule has 0 amide bonds. The zero-order valence-electron chi connectivity index (χ0n) is 6.26. The van der Waals surface area contributed by atoms with Crippen LogP contribution in [0.4, 0.5) is 4.39 Å². The lowest BCUT2D eigenvalue weighted by molar-refractivity contribution is 0.676. The van der Waals surface area contributed by atoms with E-state index in [0.717, 1.165) is 0 Å². The minimum Gasteiger partial charge on any atom is -0.282 e. The fourth-order valence-electron chi connectivity index (χ4n) is 0.841. The van der Waals surface area contributed by atoms with E-state index in [2.05, 4.69) is 11.6 Å². The number of nitrogens with zero attached hydrogens (tertiary/aromatic N) is 1. The molecule has 0 radical (unpaired) electrons. The van der Waals surface area contributed by atoms with E-state index >= 15 is 0 Å². The number of allylic oxidation sites excluding steroid dienone is 4. The Morgan fingerprint density at radius 3 is 3.18 bits per heavy atom. The Morgan fingerprint density at radius 2 is 2.55 bits per heavy atom. The van der Waals surface area contributed by atoms with E-state index < -0.39 is 0 Å². The molecule has 58 valence electrons. The molecule has 0 fully saturated rings. The SMILES string of the molecule is C=CCN=C1CC=CC=C1F. The van der Waals surface area contributed by atoms with Crippen LogP contribution in [0.5, 0.6) is 0 Å². The largest absolute Gasteiger partial charge is 0.282 e. The summed E-state index contributed by atoms with van der Waals surface area (Å²) in [6, 6.07) is 0. The molecule has 0 bridgehead atoms. The van der Waals surface area contributed by atoms with E-state index in [-0.39, 0.29) is 5.83 Å². The predicted octanol–water partition coefficient (Wildman–Crippen LogP) is 2.43. The molecule has 0 aromatic rings. The molecule has 0 atom stereocenters. The second kappa shape index (κ2) is 3.86. The Bertz CT molecular complexity index is 236. The van der Waals surface area contributed by atoms with Crippen LogP contribution in [0.2, 0.25) is 0 Å². The van der Waals surface area contributed by atoms with Crippen molar-refractivity contribution >= 4 is 5.71 Å². The summed E-state index contributed by atoms with van der Waals surface area (Å²) >= 11 is 0. The van der Waals surface area contributed by atoms with Crippen molar-refractivity contribution < 1.29 is 4.39 Å². The Kier molecular flexibility index (Phi) is 2.78. The molecule has 0 spiro atoms. The summed E-state index contributed by atoms with van der Waals surface area (Å²) in [5, 5.41) is 0. The Labute approximate surface area is 65.6 Å². The maximum atomic E-state index is 12.8. The topological polar surface area (TPSA) is 12.4 Å². The van der Waals surface area contributed by atoms with Crippen molar-refractivity contribution in [1.29, 1.82) is 0 Å². The van der Waals surface area contributed by atoms with Crippen LogP contribution >= 0.6 is 0 Å². The van der Waals surface area contributed by atoms with E-state index in [0.29, 0.717) is 18.7 Å². The second-order valence-corrected chi connectivity index (χ2v) is 2.22. The van der Waals surface area contributed by atoms with Crippen LogP contribution in [-0.2, 0) is 0 Å². The monoisotopic (exact) mass is 151 g/mol. The van der Waals surface area contributed by atoms with Gasteiger partial charge in [0.1, 0.15) is 5.83 Å². The third-order valence-electron chi connectivity index (χ3n) is 1.38. The highest BCUT2D eigenvalue weighted by Crippen LogP contribution is 2.10. The highest BCUT2D eigenvalue weighted by molar-refractivity contribution is 6.00. The zero-order valence-corrected chi connectivity index (χ0v) is 6.26. The molecule has 0 N–H and O–H groups in total. The van der Waals surface area contributed by atoms with Gasteiger partial charge in [-0.25, -0.2) is 4.39 Å². The van der Waals surface area contributed by atoms with Crippen LogP contribution in [0, 0.1) is 0 Å². The third-order valence-corrected chi connectivity index (χ3v) is 1.38. The van der Waals surface area contributed by atoms with Crippen molar-refractivity contribution in [3.8, 4) is 0 Å². The van der Waals surface area contributed by atoms with Crippen molar-refractivity contribution in [1.82, 2.24) is 0 Å². The van der Waals surface area contributed by atoms with Gasteiger partial charge in [0.05, 0.1) is 12.3 Å². The summed E-state index contributed by atoms with van der Waals surface area (Å²) < 4.78 is 12.8. The second-order valence-electron chi connectivity index (χ2n) is 2.22. The minimum atomic E-state index is -0.227. The van der Waals surface area contributed by atoms with Crippen LogP contribution in [0.15, 0.2) is 41.7 Å². The van der Waals surface area contributed by atoms with Gasteiger partial charge in [0.15, 0.2) is 0 Å². The van der Waals surface area contributed by atoms with Gasteiger partial charge in [-0.15, -0.1) is 6.58 Å². The van der Waals surface area contributed by atoms with Crippen molar-refractivity contribution in [2.75, 3.05) is 6.54 Å². The van der Waals surface area contributed by atoms with E-state index in [9.17, 15) is 4.39 Å². The van der Waals surface area contributed by atoms with Crippen LogP contribution < -0.4 is 0 Å². The summed E-state index contributed by atoms with van der Waals surface area (Å²) in [5.41, 5.74) is 0.521. The van der Waals surface area contributed by atoms with Crippen LogP contribution in [0.3, 0.4) is 0 Å². The smallest absolute Gasteiger partial charge is 0.144 e. The normalized spacial score (nSPS) is 20.1. The predicted molar refractivity (Wildman–Crippen MR) is 45.4 cm³/mol. The number of aliphatic imine (C=N–C) groups is 1. The van der Waals surface area contributed by atoms with E-state index in [1.54, 1.807) is 12.2 Å². The quantitative estimate of drug-likeness (QED) is 0.537. The van der Waals surface area contributed by atoms with Crippen molar-refractivity contribution in [2.24, 2.45) is 4.99 Å². The van der Waals surface area contributed by atoms with Gasteiger partial charge in [0, 0.05) is 6.42 Å². The molecule has 11 heavy (non-hydrogen) atoms. The molecule has 1 aliphatic carbocycles. The first kappa shape index (κ1) is 7.92. The molecule has 0 aromatic heterocycles. The number of rotatable bonds is 2. The van der Waals surface area contributed by atoms with E-state index in [4.69, 9.17) is 0 Å². The highest BCUT2D eigenvalue weighted by atomic mass is 19.1. The fourth-order valence-corrected chi connectivity index (χ4v) is 0.841. The Balaban J connectivity index is 2.67. The van der Waals surface area contributed by atoms with Gasteiger partial charge in [-0.1, -0.05) is 18.2 Å². The van der Waals surface area contributed by atoms with Gasteiger partial charge in [-0.05, 0) is 6.08 Å². The maximum absolute atomic E-state index is 12.8. The average Bonchev–Trinajstić information content (AvgIpc) is 2.03. The summed E-state index contributed by atoms with van der Waals surface area (Å²) in [6.45, 7) is 3.99. The average molecular weight is 151 g/mol. The molecule has 0 heterocycles. The molecular weight excluding hydrogens is 141 g/mol. The summed E-state index contributed by atoms with van der Waals surface area (Å²) in [7, 11) is 0. The van der Waals surface area contributed by atoms with Gasteiger partial charge in [0.25, 0.3) is 0 Å². The van der Waals surface area contributed by atoms with Gasteiger partial charge in [-0.2, -0.15) is 0 Å². The summed E-state index contributed by atoms with van der Waals surface area (Å²) in [6.07, 6.45) is 7.24. The minimum absolute atomic E-state index is 0.227. The van der Waals surface area contributed by atoms with Crippen LogP contribution in [-0.4, -0.2) is 12.3 Å². The fraction of sp³-hybridized carbons (Fsp3) is 0.222.